The highest BCUT2D eigenvalue weighted by Crippen LogP contribution is 2.27. The quantitative estimate of drug-likeness (QED) is 0.154. The molecular weight excluding hydrogens is 995 g/mol. The number of Topliss-reactive ketones (excluding diaryl/α,β-unsaturated/α-hetero) is 1. The van der Waals surface area contributed by atoms with Gasteiger partial charge < -0.3 is 54.9 Å². The van der Waals surface area contributed by atoms with E-state index in [9.17, 15) is 53.1 Å². The Bertz CT molecular complexity index is 2270. The average molecular weight is 1080 g/mol. The van der Waals surface area contributed by atoms with Crippen molar-refractivity contribution in [1.82, 2.24) is 35.6 Å². The number of likely N-dealkylation sites (tertiary alicyclic amines) is 1. The molecule has 430 valence electrons. The fourth-order valence-corrected chi connectivity index (χ4v) is 10.4. The van der Waals surface area contributed by atoms with Gasteiger partial charge in [-0.15, -0.1) is 0 Å². The number of nitrogens with zero attached hydrogens (tertiary/aromatic N) is 4. The van der Waals surface area contributed by atoms with Crippen LogP contribution in [0.15, 0.2) is 24.3 Å². The van der Waals surface area contributed by atoms with E-state index in [1.807, 2.05) is 27.7 Å². The molecule has 4 N–H and O–H groups in total. The van der Waals surface area contributed by atoms with Gasteiger partial charge in [0.25, 0.3) is 0 Å². The molecule has 0 bridgehead atoms. The first kappa shape index (κ1) is 63.4. The van der Waals surface area contributed by atoms with Gasteiger partial charge in [0.05, 0.1) is 31.6 Å². The minimum absolute atomic E-state index is 0.114. The number of cyclic esters (lactones) is 2. The molecule has 7 amide bonds. The predicted molar refractivity (Wildman–Crippen MR) is 284 cm³/mol. The molecule has 3 fully saturated rings. The lowest BCUT2D eigenvalue weighted by Crippen LogP contribution is -2.62. The van der Waals surface area contributed by atoms with E-state index in [-0.39, 0.29) is 50.0 Å². The number of hydrogen-bond donors (Lipinski definition) is 4. The number of nitrogens with one attached hydrogen (secondary N) is 3. The van der Waals surface area contributed by atoms with E-state index >= 15 is 0 Å². The van der Waals surface area contributed by atoms with Gasteiger partial charge in [0.2, 0.25) is 41.4 Å². The van der Waals surface area contributed by atoms with Crippen LogP contribution in [0.5, 0.6) is 5.75 Å². The Morgan fingerprint density at radius 2 is 1.51 bits per heavy atom. The average Bonchev–Trinajstić information content (AvgIpc) is 4.09. The van der Waals surface area contributed by atoms with E-state index in [0.717, 1.165) is 0 Å². The number of ketones is 1. The highest BCUT2D eigenvalue weighted by Gasteiger charge is 2.45. The van der Waals surface area contributed by atoms with Crippen molar-refractivity contribution in [2.45, 2.75) is 195 Å². The van der Waals surface area contributed by atoms with Gasteiger partial charge in [0.1, 0.15) is 48.1 Å². The lowest BCUT2D eigenvalue weighted by molar-refractivity contribution is -0.163. The van der Waals surface area contributed by atoms with E-state index in [0.29, 0.717) is 43.5 Å². The van der Waals surface area contributed by atoms with Crippen molar-refractivity contribution in [3.8, 4) is 5.75 Å². The number of carbonyl (C=O) groups is 10. The molecule has 3 saturated heterocycles. The van der Waals surface area contributed by atoms with Gasteiger partial charge in [-0.3, -0.25) is 43.2 Å². The largest absolute Gasteiger partial charge is 0.497 e. The van der Waals surface area contributed by atoms with Crippen LogP contribution in [0.2, 0.25) is 0 Å². The highest BCUT2D eigenvalue weighted by molar-refractivity contribution is 6.05. The number of amides is 7. The first-order valence-electron chi connectivity index (χ1n) is 27.4. The molecule has 21 nitrogen and oxygen atoms in total. The van der Waals surface area contributed by atoms with E-state index in [2.05, 4.69) is 16.0 Å². The Morgan fingerprint density at radius 1 is 0.870 bits per heavy atom. The van der Waals surface area contributed by atoms with E-state index in [4.69, 9.17) is 14.2 Å². The summed E-state index contributed by atoms with van der Waals surface area (Å²) in [4.78, 5) is 148. The standard InChI is InChI=1S/C56H87N7O14/c1-15-33(8)46-44(65)29-45(66)77-49(32(6)7)48(67)34(9)50(68)57-39(26-30(2)3)53(71)63-25-17-19-41(63)55(73)61(13)43(28-37-20-22-38(75-14)23-21-37)56(74)76-35(10)47(52(70)58-46)59-51(69)42(27-31(4)5)60(12)54(72)40-18-16-24-62(40)36(11)64/h20-23,30-35,39-44,46-47,49,65H,15-19,24-29H2,1-14H3,(H,57,68)(H,58,70)(H,59,69)/t33-,34-,35+,39-,40-,41-,42+,43-,44-,46-,47-,49-/m0/s1. The van der Waals surface area contributed by atoms with Crippen LogP contribution in [-0.4, -0.2) is 179 Å². The zero-order chi connectivity index (χ0) is 57.7. The van der Waals surface area contributed by atoms with Gasteiger partial charge in [-0.1, -0.05) is 73.9 Å². The SMILES string of the molecule is CC[C@H](C)[C@@H]1NC(=O)[C@@H](NC(=O)[C@@H](CC(C)C)N(C)C(=O)[C@@H]2CCCN2C(C)=O)[C@@H](C)OC(=O)[C@H](Cc2ccc(OC)cc2)N(C)C(=O)[C@@H]2CCCN2C(=O)[C@H](CC(C)C)NC(=O)[C@@H](C)C(=O)[C@H](C(C)C)OC(=O)C[C@@H]1O. The summed E-state index contributed by atoms with van der Waals surface area (Å²) >= 11 is 0. The molecule has 4 rings (SSSR count). The number of likely N-dealkylation sites (N-methyl/N-ethyl adjacent to an activating group) is 2. The van der Waals surface area contributed by atoms with Crippen LogP contribution >= 0.6 is 0 Å². The zero-order valence-electron chi connectivity index (χ0n) is 47.8. The number of esters is 2. The number of carbonyl (C=O) groups excluding carboxylic acids is 10. The maximum atomic E-state index is 15.0. The maximum absolute atomic E-state index is 15.0. The van der Waals surface area contributed by atoms with Gasteiger partial charge in [0.15, 0.2) is 11.9 Å². The fraction of sp³-hybridized carbons (Fsp3) is 0.714. The molecule has 3 aliphatic heterocycles. The maximum Gasteiger partial charge on any atom is 0.329 e. The smallest absolute Gasteiger partial charge is 0.329 e. The van der Waals surface area contributed by atoms with Crippen molar-refractivity contribution in [3.05, 3.63) is 29.8 Å². The van der Waals surface area contributed by atoms with E-state index < -0.39 is 138 Å². The van der Waals surface area contributed by atoms with Crippen molar-refractivity contribution >= 4 is 59.1 Å². The summed E-state index contributed by atoms with van der Waals surface area (Å²) in [6.07, 6.45) is -3.19. The van der Waals surface area contributed by atoms with Crippen molar-refractivity contribution < 1.29 is 67.3 Å². The summed E-state index contributed by atoms with van der Waals surface area (Å²) < 4.78 is 17.2. The van der Waals surface area contributed by atoms with Gasteiger partial charge in [-0.2, -0.15) is 0 Å². The van der Waals surface area contributed by atoms with Crippen LogP contribution < -0.4 is 20.7 Å². The molecule has 1 aromatic carbocycles. The van der Waals surface area contributed by atoms with Crippen LogP contribution in [0.4, 0.5) is 0 Å². The molecule has 0 spiro atoms. The van der Waals surface area contributed by atoms with Crippen LogP contribution in [0.25, 0.3) is 0 Å². The number of aliphatic hydroxyl groups is 1. The third-order valence-electron chi connectivity index (χ3n) is 15.2. The van der Waals surface area contributed by atoms with Crippen molar-refractivity contribution in [1.29, 1.82) is 0 Å². The Kier molecular flexibility index (Phi) is 23.5. The minimum atomic E-state index is -1.73. The Balaban J connectivity index is 1.89. The number of hydrogen-bond acceptors (Lipinski definition) is 14. The molecule has 0 saturated carbocycles. The molecule has 1 aromatic rings. The zero-order valence-corrected chi connectivity index (χ0v) is 47.8. The van der Waals surface area contributed by atoms with E-state index in [1.54, 1.807) is 52.0 Å². The molecule has 0 unspecified atom stereocenters. The number of fused-ring (bicyclic) bond motifs is 1. The van der Waals surface area contributed by atoms with Gasteiger partial charge >= 0.3 is 11.9 Å². The van der Waals surface area contributed by atoms with Gasteiger partial charge in [-0.25, -0.2) is 4.79 Å². The van der Waals surface area contributed by atoms with Gasteiger partial charge in [0, 0.05) is 40.5 Å². The Morgan fingerprint density at radius 3 is 2.08 bits per heavy atom. The second-order valence-corrected chi connectivity index (χ2v) is 22.5. The Hall–Kier alpha value is -6.12. The normalized spacial score (nSPS) is 27.7. The van der Waals surface area contributed by atoms with Crippen LogP contribution in [0, 0.1) is 29.6 Å². The molecule has 0 radical (unpaired) electrons. The molecule has 12 atom stereocenters. The lowest BCUT2D eigenvalue weighted by Gasteiger charge is -2.36. The molecule has 0 aromatic heterocycles. The first-order chi connectivity index (χ1) is 36.1. The van der Waals surface area contributed by atoms with Gasteiger partial charge in [-0.05, 0) is 93.7 Å². The summed E-state index contributed by atoms with van der Waals surface area (Å²) in [7, 11) is 4.36. The monoisotopic (exact) mass is 1080 g/mol. The summed E-state index contributed by atoms with van der Waals surface area (Å²) in [5, 5.41) is 20.1. The first-order valence-corrected chi connectivity index (χ1v) is 27.4. The predicted octanol–water partition coefficient (Wildman–Crippen LogP) is 2.96. The number of ether oxygens (including phenoxy) is 3. The molecular formula is C56H87N7O14. The van der Waals surface area contributed by atoms with Crippen LogP contribution in [-0.2, 0) is 63.8 Å². The number of methoxy groups -OCH3 is 1. The van der Waals surface area contributed by atoms with E-state index in [1.165, 1.54) is 61.6 Å². The molecule has 77 heavy (non-hydrogen) atoms. The lowest BCUT2D eigenvalue weighted by atomic mass is 9.91. The Labute approximate surface area is 454 Å². The third-order valence-corrected chi connectivity index (χ3v) is 15.2. The number of aliphatic hydroxyl groups excluding tert-OH is 1. The van der Waals surface area contributed by atoms with Crippen molar-refractivity contribution in [3.63, 3.8) is 0 Å². The fourth-order valence-electron chi connectivity index (χ4n) is 10.4. The summed E-state index contributed by atoms with van der Waals surface area (Å²) in [5.74, 6) is -9.56. The molecule has 3 aliphatic rings. The second kappa shape index (κ2) is 28.5. The summed E-state index contributed by atoms with van der Waals surface area (Å²) in [5.41, 5.74) is 0.584. The molecule has 3 heterocycles. The van der Waals surface area contributed by atoms with Crippen molar-refractivity contribution in [2.24, 2.45) is 29.6 Å². The topological polar surface area (TPSA) is 268 Å². The highest BCUT2D eigenvalue weighted by atomic mass is 16.6. The summed E-state index contributed by atoms with van der Waals surface area (Å²) in [6.45, 7) is 18.8. The number of benzene rings is 1. The summed E-state index contributed by atoms with van der Waals surface area (Å²) in [6, 6.07) is -1.80. The second-order valence-electron chi connectivity index (χ2n) is 22.5. The van der Waals surface area contributed by atoms with Crippen LogP contribution in [0.1, 0.15) is 133 Å². The number of rotatable bonds is 14. The molecule has 21 heteroatoms. The van der Waals surface area contributed by atoms with Crippen LogP contribution in [0.3, 0.4) is 0 Å². The minimum Gasteiger partial charge on any atom is -0.497 e. The van der Waals surface area contributed by atoms with Crippen molar-refractivity contribution in [2.75, 3.05) is 34.3 Å². The molecule has 0 aliphatic carbocycles. The third kappa shape index (κ3) is 16.5.